The number of nitrogens with one attached hydrogen (secondary N) is 1. The summed E-state index contributed by atoms with van der Waals surface area (Å²) in [5, 5.41) is 3.35. The molecule has 0 aliphatic carbocycles. The molecule has 2 aromatic carbocycles. The minimum Gasteiger partial charge on any atom is -0.492 e. The molecule has 0 atom stereocenters. The molecule has 0 radical (unpaired) electrons. The van der Waals surface area contributed by atoms with E-state index < -0.39 is 15.9 Å². The Morgan fingerprint density at radius 3 is 2.58 bits per heavy atom. The second-order valence-electron chi connectivity index (χ2n) is 7.54. The van der Waals surface area contributed by atoms with Gasteiger partial charge in [-0.25, -0.2) is 8.42 Å². The third kappa shape index (κ3) is 4.50. The second kappa shape index (κ2) is 9.34. The number of ether oxygens (including phenoxy) is 2. The number of hydrogen-bond acceptors (Lipinski definition) is 6. The van der Waals surface area contributed by atoms with E-state index >= 15 is 0 Å². The van der Waals surface area contributed by atoms with Gasteiger partial charge in [0.1, 0.15) is 10.6 Å². The lowest BCUT2D eigenvalue weighted by Crippen LogP contribution is -2.40. The van der Waals surface area contributed by atoms with Crippen LogP contribution < -0.4 is 15.6 Å². The van der Waals surface area contributed by atoms with Crippen molar-refractivity contribution in [2.75, 3.05) is 38.2 Å². The molecule has 1 fully saturated rings. The molecule has 1 amide bonds. The summed E-state index contributed by atoms with van der Waals surface area (Å²) in [5.41, 5.74) is 0.791. The van der Waals surface area contributed by atoms with E-state index in [1.807, 2.05) is 0 Å². The topological polar surface area (TPSA) is 107 Å². The van der Waals surface area contributed by atoms with Crippen molar-refractivity contribution in [3.63, 3.8) is 0 Å². The van der Waals surface area contributed by atoms with Gasteiger partial charge in [-0.15, -0.1) is 0 Å². The number of aromatic nitrogens is 1. The maximum atomic E-state index is 13.3. The summed E-state index contributed by atoms with van der Waals surface area (Å²) in [6.07, 6.45) is 0. The zero-order valence-corrected chi connectivity index (χ0v) is 19.2. The van der Waals surface area contributed by atoms with Crippen molar-refractivity contribution >= 4 is 32.5 Å². The van der Waals surface area contributed by atoms with Crippen molar-refractivity contribution < 1.29 is 22.7 Å². The Kier molecular flexibility index (Phi) is 6.50. The Morgan fingerprint density at radius 2 is 1.85 bits per heavy atom. The van der Waals surface area contributed by atoms with Crippen molar-refractivity contribution in [2.24, 2.45) is 7.05 Å². The van der Waals surface area contributed by atoms with Crippen molar-refractivity contribution in [3.8, 4) is 5.75 Å². The number of hydrogen-bond donors (Lipinski definition) is 1. The Morgan fingerprint density at radius 1 is 1.12 bits per heavy atom. The number of aryl methyl sites for hydroxylation is 1. The lowest BCUT2D eigenvalue weighted by atomic mass is 10.1. The molecular formula is C23H25N3O6S. The number of benzene rings is 2. The van der Waals surface area contributed by atoms with E-state index in [2.05, 4.69) is 5.32 Å². The molecule has 1 saturated heterocycles. The SMILES string of the molecule is CCOc1ccc(NC(=O)c2cc(=O)n(C)c3ccccc23)cc1S(=O)(=O)N1CCOCC1. The van der Waals surface area contributed by atoms with Gasteiger partial charge in [0.05, 0.1) is 30.9 Å². The fourth-order valence-electron chi connectivity index (χ4n) is 3.79. The van der Waals surface area contributed by atoms with Crippen LogP contribution in [0.2, 0.25) is 0 Å². The molecule has 3 aromatic rings. The third-order valence-corrected chi connectivity index (χ3v) is 7.41. The third-order valence-electron chi connectivity index (χ3n) is 5.49. The first-order chi connectivity index (χ1) is 15.8. The number of amides is 1. The van der Waals surface area contributed by atoms with E-state index in [4.69, 9.17) is 9.47 Å². The van der Waals surface area contributed by atoms with Crippen LogP contribution in [0.25, 0.3) is 10.9 Å². The highest BCUT2D eigenvalue weighted by atomic mass is 32.2. The molecule has 0 saturated carbocycles. The molecule has 1 N–H and O–H groups in total. The van der Waals surface area contributed by atoms with Crippen LogP contribution in [0.15, 0.2) is 58.2 Å². The number of para-hydroxylation sites is 1. The van der Waals surface area contributed by atoms with Crippen LogP contribution in [0, 0.1) is 0 Å². The minimum atomic E-state index is -3.86. The molecule has 0 unspecified atom stereocenters. The number of anilines is 1. The lowest BCUT2D eigenvalue weighted by molar-refractivity contribution is 0.0729. The smallest absolute Gasteiger partial charge is 0.256 e. The van der Waals surface area contributed by atoms with Crippen LogP contribution in [-0.4, -0.2) is 56.1 Å². The Balaban J connectivity index is 1.72. The summed E-state index contributed by atoms with van der Waals surface area (Å²) in [4.78, 5) is 25.4. The van der Waals surface area contributed by atoms with Gasteiger partial charge >= 0.3 is 0 Å². The maximum Gasteiger partial charge on any atom is 0.256 e. The number of carbonyl (C=O) groups excluding carboxylic acids is 1. The summed E-state index contributed by atoms with van der Waals surface area (Å²) in [7, 11) is -2.22. The maximum absolute atomic E-state index is 13.3. The average molecular weight is 472 g/mol. The predicted molar refractivity (Wildman–Crippen MR) is 124 cm³/mol. The monoisotopic (exact) mass is 471 g/mol. The van der Waals surface area contributed by atoms with Gasteiger partial charge in [-0.1, -0.05) is 18.2 Å². The fraction of sp³-hybridized carbons (Fsp3) is 0.304. The molecule has 9 nitrogen and oxygen atoms in total. The van der Waals surface area contributed by atoms with Crippen LogP contribution in [0.1, 0.15) is 17.3 Å². The number of pyridine rings is 1. The van der Waals surface area contributed by atoms with E-state index in [9.17, 15) is 18.0 Å². The van der Waals surface area contributed by atoms with Crippen LogP contribution in [-0.2, 0) is 21.8 Å². The van der Waals surface area contributed by atoms with E-state index in [0.29, 0.717) is 24.1 Å². The molecular weight excluding hydrogens is 446 g/mol. The van der Waals surface area contributed by atoms with E-state index in [1.54, 1.807) is 44.3 Å². The van der Waals surface area contributed by atoms with Crippen LogP contribution in [0.3, 0.4) is 0 Å². The van der Waals surface area contributed by atoms with Crippen molar-refractivity contribution in [1.82, 2.24) is 8.87 Å². The second-order valence-corrected chi connectivity index (χ2v) is 9.44. The zero-order chi connectivity index (χ0) is 23.6. The summed E-state index contributed by atoms with van der Waals surface area (Å²) in [5.74, 6) is -0.302. The molecule has 174 valence electrons. The quantitative estimate of drug-likeness (QED) is 0.591. The number of nitrogens with zero attached hydrogens (tertiary/aromatic N) is 2. The average Bonchev–Trinajstić information content (AvgIpc) is 2.83. The Hall–Kier alpha value is -3.21. The minimum absolute atomic E-state index is 0.0297. The highest BCUT2D eigenvalue weighted by Crippen LogP contribution is 2.31. The Labute approximate surface area is 191 Å². The molecule has 10 heteroatoms. The molecule has 1 aliphatic heterocycles. The summed E-state index contributed by atoms with van der Waals surface area (Å²) < 4.78 is 40.2. The van der Waals surface area contributed by atoms with Gasteiger partial charge in [0.15, 0.2) is 0 Å². The van der Waals surface area contributed by atoms with Crippen LogP contribution >= 0.6 is 0 Å². The first-order valence-corrected chi connectivity index (χ1v) is 12.0. The van der Waals surface area contributed by atoms with Gasteiger partial charge in [-0.2, -0.15) is 4.31 Å². The van der Waals surface area contributed by atoms with Gasteiger partial charge in [0, 0.05) is 37.3 Å². The predicted octanol–water partition coefficient (Wildman–Crippen LogP) is 2.21. The normalized spacial score (nSPS) is 14.8. The molecule has 4 rings (SSSR count). The fourth-order valence-corrected chi connectivity index (χ4v) is 5.35. The van der Waals surface area contributed by atoms with E-state index in [0.717, 1.165) is 0 Å². The molecule has 33 heavy (non-hydrogen) atoms. The molecule has 2 heterocycles. The molecule has 0 bridgehead atoms. The molecule has 1 aromatic heterocycles. The number of sulfonamides is 1. The standard InChI is InChI=1S/C23H25N3O6S/c1-3-32-20-9-8-16(14-21(20)33(29,30)26-10-12-31-13-11-26)24-23(28)18-15-22(27)25(2)19-7-5-4-6-17(18)19/h4-9,14-15H,3,10-13H2,1-2H3,(H,24,28). The highest BCUT2D eigenvalue weighted by Gasteiger charge is 2.30. The van der Waals surface area contributed by atoms with E-state index in [-0.39, 0.29) is 47.2 Å². The van der Waals surface area contributed by atoms with Crippen LogP contribution in [0.5, 0.6) is 5.75 Å². The van der Waals surface area contributed by atoms with Crippen LogP contribution in [0.4, 0.5) is 5.69 Å². The number of morpholine rings is 1. The van der Waals surface area contributed by atoms with Crippen molar-refractivity contribution in [1.29, 1.82) is 0 Å². The van der Waals surface area contributed by atoms with Gasteiger partial charge < -0.3 is 19.4 Å². The highest BCUT2D eigenvalue weighted by molar-refractivity contribution is 7.89. The molecule has 0 spiro atoms. The van der Waals surface area contributed by atoms with Gasteiger partial charge in [-0.05, 0) is 31.2 Å². The zero-order valence-electron chi connectivity index (χ0n) is 18.4. The van der Waals surface area contributed by atoms with Crippen molar-refractivity contribution in [3.05, 3.63) is 64.4 Å². The van der Waals surface area contributed by atoms with E-state index in [1.165, 1.54) is 27.1 Å². The molecule has 1 aliphatic rings. The van der Waals surface area contributed by atoms with Crippen molar-refractivity contribution in [2.45, 2.75) is 11.8 Å². The van der Waals surface area contributed by atoms with Gasteiger partial charge in [0.2, 0.25) is 10.0 Å². The summed E-state index contributed by atoms with van der Waals surface area (Å²) in [6.45, 7) is 3.16. The number of carbonyl (C=O) groups is 1. The summed E-state index contributed by atoms with van der Waals surface area (Å²) >= 11 is 0. The lowest BCUT2D eigenvalue weighted by Gasteiger charge is -2.27. The first kappa shape index (κ1) is 23.0. The number of fused-ring (bicyclic) bond motifs is 1. The van der Waals surface area contributed by atoms with Gasteiger partial charge in [0.25, 0.3) is 11.5 Å². The number of rotatable bonds is 6. The largest absolute Gasteiger partial charge is 0.492 e. The first-order valence-electron chi connectivity index (χ1n) is 10.6. The van der Waals surface area contributed by atoms with Gasteiger partial charge in [-0.3, -0.25) is 9.59 Å². The Bertz CT molecular complexity index is 1360. The summed E-state index contributed by atoms with van der Waals surface area (Å²) in [6, 6.07) is 12.9.